The fourth-order valence-corrected chi connectivity index (χ4v) is 2.26. The maximum atomic E-state index is 4.00. The van der Waals surface area contributed by atoms with Gasteiger partial charge in [0.05, 0.1) is 0 Å². The van der Waals surface area contributed by atoms with Crippen LogP contribution in [0.25, 0.3) is 0 Å². The van der Waals surface area contributed by atoms with E-state index in [2.05, 4.69) is 32.7 Å². The van der Waals surface area contributed by atoms with Crippen molar-refractivity contribution in [1.82, 2.24) is 19.8 Å². The molecule has 0 atom stereocenters. The van der Waals surface area contributed by atoms with Gasteiger partial charge in [-0.2, -0.15) is 0 Å². The summed E-state index contributed by atoms with van der Waals surface area (Å²) < 4.78 is 2.90. The maximum absolute atomic E-state index is 4.00. The SMILES string of the molecule is CNCCCN1CCN(CCCNS)CC1. The first-order valence-electron chi connectivity index (χ1n) is 6.33. The van der Waals surface area contributed by atoms with Crippen molar-refractivity contribution in [2.45, 2.75) is 12.8 Å². The third-order valence-electron chi connectivity index (χ3n) is 3.13. The number of rotatable bonds is 8. The second-order valence-electron chi connectivity index (χ2n) is 4.40. The van der Waals surface area contributed by atoms with Crippen LogP contribution in [0.3, 0.4) is 0 Å². The van der Waals surface area contributed by atoms with Gasteiger partial charge in [-0.3, -0.25) is 4.72 Å². The molecule has 4 nitrogen and oxygen atoms in total. The summed E-state index contributed by atoms with van der Waals surface area (Å²) in [4.78, 5) is 5.13. The molecule has 0 aromatic heterocycles. The van der Waals surface area contributed by atoms with Crippen LogP contribution in [-0.2, 0) is 0 Å². The molecule has 0 aromatic rings. The van der Waals surface area contributed by atoms with Gasteiger partial charge in [-0.1, -0.05) is 12.8 Å². The van der Waals surface area contributed by atoms with Crippen LogP contribution in [0.1, 0.15) is 12.8 Å². The molecule has 96 valence electrons. The zero-order valence-corrected chi connectivity index (χ0v) is 11.3. The minimum atomic E-state index is 1.01. The molecular formula is C11H26N4S. The lowest BCUT2D eigenvalue weighted by atomic mass is 10.2. The lowest BCUT2D eigenvalue weighted by Gasteiger charge is -2.34. The molecule has 1 saturated heterocycles. The number of hydrogen-bond acceptors (Lipinski definition) is 5. The largest absolute Gasteiger partial charge is 0.320 e. The molecule has 1 rings (SSSR count). The van der Waals surface area contributed by atoms with Gasteiger partial charge in [0, 0.05) is 32.7 Å². The topological polar surface area (TPSA) is 30.5 Å². The van der Waals surface area contributed by atoms with Crippen LogP contribution in [0.4, 0.5) is 0 Å². The van der Waals surface area contributed by atoms with Crippen molar-refractivity contribution >= 4 is 12.8 Å². The van der Waals surface area contributed by atoms with E-state index in [-0.39, 0.29) is 0 Å². The predicted molar refractivity (Wildman–Crippen MR) is 73.0 cm³/mol. The summed E-state index contributed by atoms with van der Waals surface area (Å²) in [6.07, 6.45) is 2.46. The highest BCUT2D eigenvalue weighted by Gasteiger charge is 2.15. The van der Waals surface area contributed by atoms with E-state index in [1.54, 1.807) is 0 Å². The lowest BCUT2D eigenvalue weighted by molar-refractivity contribution is 0.131. The molecule has 0 bridgehead atoms. The first-order valence-corrected chi connectivity index (χ1v) is 6.78. The third kappa shape index (κ3) is 6.06. The van der Waals surface area contributed by atoms with E-state index < -0.39 is 0 Å². The van der Waals surface area contributed by atoms with Crippen LogP contribution < -0.4 is 10.0 Å². The second-order valence-corrected chi connectivity index (χ2v) is 4.72. The summed E-state index contributed by atoms with van der Waals surface area (Å²) in [5.74, 6) is 0. The van der Waals surface area contributed by atoms with E-state index in [9.17, 15) is 0 Å². The van der Waals surface area contributed by atoms with Gasteiger partial charge in [0.25, 0.3) is 0 Å². The molecule has 0 amide bonds. The standard InChI is InChI=1S/C11H26N4S/c1-12-4-2-6-14-8-10-15(11-9-14)7-3-5-13-16/h12-13,16H,2-11H2,1H3. The Bertz CT molecular complexity index is 142. The Hall–Kier alpha value is 0.190. The molecule has 0 saturated carbocycles. The molecule has 0 unspecified atom stereocenters. The van der Waals surface area contributed by atoms with Crippen molar-refractivity contribution in [3.05, 3.63) is 0 Å². The van der Waals surface area contributed by atoms with E-state index >= 15 is 0 Å². The molecular weight excluding hydrogens is 220 g/mol. The highest BCUT2D eigenvalue weighted by Crippen LogP contribution is 2.02. The zero-order chi connectivity index (χ0) is 11.6. The normalized spacial score (nSPS) is 19.1. The molecule has 1 fully saturated rings. The Labute approximate surface area is 105 Å². The first-order chi connectivity index (χ1) is 7.86. The molecule has 16 heavy (non-hydrogen) atoms. The molecule has 2 N–H and O–H groups in total. The number of nitrogens with one attached hydrogen (secondary N) is 2. The van der Waals surface area contributed by atoms with Gasteiger partial charge in [-0.05, 0) is 39.5 Å². The Morgan fingerprint density at radius 1 is 0.938 bits per heavy atom. The zero-order valence-electron chi connectivity index (χ0n) is 10.4. The van der Waals surface area contributed by atoms with Crippen LogP contribution in [0.5, 0.6) is 0 Å². The Morgan fingerprint density at radius 3 is 1.88 bits per heavy atom. The molecule has 1 aliphatic heterocycles. The summed E-state index contributed by atoms with van der Waals surface area (Å²) in [5, 5.41) is 3.20. The van der Waals surface area contributed by atoms with Gasteiger partial charge in [-0.15, -0.1) is 0 Å². The number of hydrogen-bond donors (Lipinski definition) is 3. The van der Waals surface area contributed by atoms with E-state index in [0.717, 1.165) is 13.1 Å². The van der Waals surface area contributed by atoms with Crippen LogP contribution in [0, 0.1) is 0 Å². The van der Waals surface area contributed by atoms with Gasteiger partial charge >= 0.3 is 0 Å². The second kappa shape index (κ2) is 9.24. The molecule has 0 aliphatic carbocycles. The minimum absolute atomic E-state index is 1.01. The number of nitrogens with zero attached hydrogens (tertiary/aromatic N) is 2. The number of piperazine rings is 1. The molecule has 5 heteroatoms. The molecule has 0 aromatic carbocycles. The lowest BCUT2D eigenvalue weighted by Crippen LogP contribution is -2.47. The van der Waals surface area contributed by atoms with Gasteiger partial charge in [0.15, 0.2) is 0 Å². The van der Waals surface area contributed by atoms with Gasteiger partial charge in [0.2, 0.25) is 0 Å². The predicted octanol–water partition coefficient (Wildman–Crippen LogP) is 0.0380. The van der Waals surface area contributed by atoms with Gasteiger partial charge in [-0.25, -0.2) is 0 Å². The van der Waals surface area contributed by atoms with Crippen molar-refractivity contribution in [2.75, 3.05) is 59.4 Å². The van der Waals surface area contributed by atoms with Crippen molar-refractivity contribution in [1.29, 1.82) is 0 Å². The monoisotopic (exact) mass is 246 g/mol. The molecule has 1 heterocycles. The van der Waals surface area contributed by atoms with Crippen molar-refractivity contribution in [2.24, 2.45) is 0 Å². The quantitative estimate of drug-likeness (QED) is 0.417. The fraction of sp³-hybridized carbons (Fsp3) is 1.00. The molecule has 0 radical (unpaired) electrons. The van der Waals surface area contributed by atoms with Crippen LogP contribution in [-0.4, -0.2) is 69.2 Å². The van der Waals surface area contributed by atoms with Crippen molar-refractivity contribution < 1.29 is 0 Å². The smallest absolute Gasteiger partial charge is 0.0110 e. The highest BCUT2D eigenvalue weighted by molar-refractivity contribution is 7.78. The molecule has 0 spiro atoms. The van der Waals surface area contributed by atoms with E-state index in [0.29, 0.717) is 0 Å². The highest BCUT2D eigenvalue weighted by atomic mass is 32.1. The van der Waals surface area contributed by atoms with Crippen LogP contribution in [0.15, 0.2) is 0 Å². The first kappa shape index (κ1) is 14.3. The summed E-state index contributed by atoms with van der Waals surface area (Å²) in [5.41, 5.74) is 0. The summed E-state index contributed by atoms with van der Waals surface area (Å²) in [6.45, 7) is 9.51. The fourth-order valence-electron chi connectivity index (χ4n) is 2.10. The van der Waals surface area contributed by atoms with Crippen LogP contribution in [0.2, 0.25) is 0 Å². The summed E-state index contributed by atoms with van der Waals surface area (Å²) in [7, 11) is 2.02. The average molecular weight is 246 g/mol. The van der Waals surface area contributed by atoms with E-state index in [1.807, 2.05) is 7.05 Å². The summed E-state index contributed by atoms with van der Waals surface area (Å²) in [6, 6.07) is 0. The van der Waals surface area contributed by atoms with Crippen molar-refractivity contribution in [3.8, 4) is 0 Å². The van der Waals surface area contributed by atoms with Gasteiger partial charge in [0.1, 0.15) is 0 Å². The van der Waals surface area contributed by atoms with Crippen LogP contribution >= 0.6 is 12.8 Å². The number of thiol groups is 1. The van der Waals surface area contributed by atoms with Gasteiger partial charge < -0.3 is 15.1 Å². The maximum Gasteiger partial charge on any atom is 0.0110 e. The Morgan fingerprint density at radius 2 is 1.44 bits per heavy atom. The Kier molecular flexibility index (Phi) is 8.23. The van der Waals surface area contributed by atoms with Crippen molar-refractivity contribution in [3.63, 3.8) is 0 Å². The van der Waals surface area contributed by atoms with E-state index in [1.165, 1.54) is 52.1 Å². The minimum Gasteiger partial charge on any atom is -0.320 e. The summed E-state index contributed by atoms with van der Waals surface area (Å²) >= 11 is 4.00. The Balaban J connectivity index is 2.00. The third-order valence-corrected chi connectivity index (χ3v) is 3.35. The molecule has 1 aliphatic rings. The average Bonchev–Trinajstić information content (AvgIpc) is 2.32. The van der Waals surface area contributed by atoms with E-state index in [4.69, 9.17) is 0 Å².